The molecule has 0 aliphatic rings. The Morgan fingerprint density at radius 2 is 1.71 bits per heavy atom. The van der Waals surface area contributed by atoms with E-state index in [0.717, 1.165) is 29.7 Å². The molecule has 7 N–H and O–H groups in total. The number of rotatable bonds is 6. The lowest BCUT2D eigenvalue weighted by Gasteiger charge is -2.25. The second-order valence-corrected chi connectivity index (χ2v) is 7.41. The van der Waals surface area contributed by atoms with Crippen molar-refractivity contribution in [1.82, 2.24) is 4.72 Å². The van der Waals surface area contributed by atoms with Crippen LogP contribution in [0.25, 0.3) is 0 Å². The summed E-state index contributed by atoms with van der Waals surface area (Å²) in [7, 11) is -7.80. The molecule has 10 nitrogen and oxygen atoms in total. The van der Waals surface area contributed by atoms with Crippen LogP contribution in [0.4, 0.5) is 11.4 Å². The number of hydrogen-bond acceptors (Lipinski definition) is 6. The van der Waals surface area contributed by atoms with E-state index in [-0.39, 0.29) is 5.48 Å². The van der Waals surface area contributed by atoms with Crippen LogP contribution in [0.15, 0.2) is 18.2 Å². The number of sulfonamides is 1. The summed E-state index contributed by atoms with van der Waals surface area (Å²) >= 11 is 0. The first-order valence-electron chi connectivity index (χ1n) is 6.59. The molecule has 12 heteroatoms. The van der Waals surface area contributed by atoms with Gasteiger partial charge in [0.1, 0.15) is 0 Å². The van der Waals surface area contributed by atoms with Gasteiger partial charge in [-0.3, -0.25) is 9.11 Å². The smallest absolute Gasteiger partial charge is 0.394 e. The zero-order chi connectivity index (χ0) is 18.3. The molecule has 0 atom stereocenters. The highest BCUT2D eigenvalue weighted by Gasteiger charge is 2.09. The van der Waals surface area contributed by atoms with Gasteiger partial charge in [0.15, 0.2) is 0 Å². The highest BCUT2D eigenvalue weighted by Crippen LogP contribution is 2.24. The molecule has 0 saturated heterocycles. The molecule has 142 valence electrons. The second-order valence-electron chi connectivity index (χ2n) is 4.69. The van der Waals surface area contributed by atoms with Gasteiger partial charge in [-0.15, -0.1) is 0 Å². The first-order chi connectivity index (χ1) is 10.3. The molecular formula is C12H25N3O7S2. The third-order valence-corrected chi connectivity index (χ3v) is 3.54. The van der Waals surface area contributed by atoms with Crippen molar-refractivity contribution in [3.63, 3.8) is 0 Å². The maximum Gasteiger partial charge on any atom is 0.394 e. The van der Waals surface area contributed by atoms with E-state index in [1.165, 1.54) is 0 Å². The number of nitrogen functional groups attached to an aromatic ring is 1. The van der Waals surface area contributed by atoms with Crippen molar-refractivity contribution >= 4 is 31.8 Å². The maximum atomic E-state index is 11.0. The Labute approximate surface area is 142 Å². The number of anilines is 2. The van der Waals surface area contributed by atoms with E-state index in [1.54, 1.807) is 0 Å². The van der Waals surface area contributed by atoms with Crippen molar-refractivity contribution in [2.24, 2.45) is 0 Å². The molecule has 0 bridgehead atoms. The van der Waals surface area contributed by atoms with Crippen LogP contribution in [0.3, 0.4) is 0 Å². The number of nitrogens with two attached hydrogens (primary N) is 1. The fraction of sp³-hybridized carbons (Fsp3) is 0.500. The Bertz CT molecular complexity index is 697. The number of likely N-dealkylation sites (N-methyl/N-ethyl adjacent to an activating group) is 1. The normalized spacial score (nSPS) is 11.0. The number of hydrogen-bond donors (Lipinski definition) is 4. The van der Waals surface area contributed by atoms with Crippen molar-refractivity contribution in [2.45, 2.75) is 13.8 Å². The number of benzene rings is 1. The Balaban J connectivity index is 0. The van der Waals surface area contributed by atoms with Gasteiger partial charge in [0.2, 0.25) is 10.0 Å². The minimum absolute atomic E-state index is 0. The molecule has 24 heavy (non-hydrogen) atoms. The Morgan fingerprint density at radius 1 is 1.21 bits per heavy atom. The average Bonchev–Trinajstić information content (AvgIpc) is 2.35. The maximum absolute atomic E-state index is 11.0. The van der Waals surface area contributed by atoms with Gasteiger partial charge in [-0.1, -0.05) is 6.07 Å². The number of nitrogens with zero attached hydrogens (tertiary/aromatic N) is 1. The minimum Gasteiger partial charge on any atom is -0.412 e. The number of nitrogens with one attached hydrogen (secondary N) is 1. The summed E-state index contributed by atoms with van der Waals surface area (Å²) in [6.07, 6.45) is 1.16. The van der Waals surface area contributed by atoms with Crippen LogP contribution >= 0.6 is 0 Å². The zero-order valence-electron chi connectivity index (χ0n) is 13.7. The quantitative estimate of drug-likeness (QED) is 0.371. The van der Waals surface area contributed by atoms with Crippen molar-refractivity contribution < 1.29 is 31.4 Å². The van der Waals surface area contributed by atoms with Gasteiger partial charge in [0.25, 0.3) is 0 Å². The molecule has 0 aromatic heterocycles. The van der Waals surface area contributed by atoms with Crippen molar-refractivity contribution in [1.29, 1.82) is 0 Å². The summed E-state index contributed by atoms with van der Waals surface area (Å²) in [6.45, 7) is 5.81. The van der Waals surface area contributed by atoms with Gasteiger partial charge in [0, 0.05) is 31.0 Å². The van der Waals surface area contributed by atoms with E-state index >= 15 is 0 Å². The predicted octanol–water partition coefficient (Wildman–Crippen LogP) is -0.525. The molecule has 0 heterocycles. The molecule has 0 spiro atoms. The van der Waals surface area contributed by atoms with Crippen molar-refractivity contribution in [3.05, 3.63) is 23.8 Å². The molecule has 0 saturated carbocycles. The van der Waals surface area contributed by atoms with E-state index in [9.17, 15) is 8.42 Å². The van der Waals surface area contributed by atoms with E-state index in [2.05, 4.69) is 9.62 Å². The first kappa shape index (κ1) is 24.8. The lowest BCUT2D eigenvalue weighted by molar-refractivity contribution is 0.381. The van der Waals surface area contributed by atoms with Gasteiger partial charge < -0.3 is 16.1 Å². The van der Waals surface area contributed by atoms with Gasteiger partial charge in [0.05, 0.1) is 6.26 Å². The fourth-order valence-electron chi connectivity index (χ4n) is 1.80. The van der Waals surface area contributed by atoms with E-state index in [1.807, 2.05) is 32.0 Å². The van der Waals surface area contributed by atoms with E-state index in [0.29, 0.717) is 13.1 Å². The molecule has 1 rings (SSSR count). The van der Waals surface area contributed by atoms with Gasteiger partial charge in [-0.2, -0.15) is 8.42 Å². The van der Waals surface area contributed by atoms with E-state index < -0.39 is 20.4 Å². The van der Waals surface area contributed by atoms with Gasteiger partial charge in [-0.05, 0) is 31.5 Å². The largest absolute Gasteiger partial charge is 0.412 e. The highest BCUT2D eigenvalue weighted by molar-refractivity contribution is 7.88. The first-order valence-corrected chi connectivity index (χ1v) is 9.88. The standard InChI is InChI=1S/C12H21N3O2S.H2O4S.H2O/c1-4-15(9-8-14-18(3,16)17)12-7-5-6-11(13)10(12)2;1-5(2,3)4;/h5-7,14H,4,8-9,13H2,1-3H3;(H2,1,2,3,4);1H2. The zero-order valence-corrected chi connectivity index (χ0v) is 15.4. The molecule has 0 aliphatic carbocycles. The average molecular weight is 387 g/mol. The Morgan fingerprint density at radius 3 is 2.12 bits per heavy atom. The lowest BCUT2D eigenvalue weighted by Crippen LogP contribution is -2.34. The monoisotopic (exact) mass is 387 g/mol. The summed E-state index contributed by atoms with van der Waals surface area (Å²) in [5.41, 5.74) is 8.70. The van der Waals surface area contributed by atoms with Crippen LogP contribution in [0.2, 0.25) is 0 Å². The Kier molecular flexibility index (Phi) is 10.8. The Hall–Kier alpha value is -1.44. The summed E-state index contributed by atoms with van der Waals surface area (Å²) < 4.78 is 56.1. The molecule has 0 unspecified atom stereocenters. The second kappa shape index (κ2) is 10.4. The van der Waals surface area contributed by atoms with Crippen LogP contribution in [0, 0.1) is 6.92 Å². The van der Waals surface area contributed by atoms with Crippen molar-refractivity contribution in [3.8, 4) is 0 Å². The lowest BCUT2D eigenvalue weighted by atomic mass is 10.1. The molecule has 0 fully saturated rings. The van der Waals surface area contributed by atoms with Crippen LogP contribution in [-0.2, 0) is 20.4 Å². The van der Waals surface area contributed by atoms with Gasteiger partial charge in [-0.25, -0.2) is 13.1 Å². The van der Waals surface area contributed by atoms with E-state index in [4.69, 9.17) is 23.3 Å². The molecule has 1 aromatic rings. The molecule has 0 radical (unpaired) electrons. The highest BCUT2D eigenvalue weighted by atomic mass is 32.3. The SMILES string of the molecule is CCN(CCNS(C)(=O)=O)c1cccc(N)c1C.O.O=S(=O)(O)O. The summed E-state index contributed by atoms with van der Waals surface area (Å²) in [5.74, 6) is 0. The van der Waals surface area contributed by atoms with Crippen LogP contribution < -0.4 is 15.4 Å². The molecule has 0 amide bonds. The third kappa shape index (κ3) is 12.0. The van der Waals surface area contributed by atoms with Crippen LogP contribution in [0.5, 0.6) is 0 Å². The molecular weight excluding hydrogens is 362 g/mol. The summed E-state index contributed by atoms with van der Waals surface area (Å²) in [4.78, 5) is 2.10. The summed E-state index contributed by atoms with van der Waals surface area (Å²) in [6, 6.07) is 5.77. The van der Waals surface area contributed by atoms with Crippen LogP contribution in [-0.4, -0.2) is 57.3 Å². The van der Waals surface area contributed by atoms with Crippen LogP contribution in [0.1, 0.15) is 12.5 Å². The third-order valence-electron chi connectivity index (χ3n) is 2.82. The fourth-order valence-corrected chi connectivity index (χ4v) is 2.26. The van der Waals surface area contributed by atoms with Gasteiger partial charge >= 0.3 is 10.4 Å². The topological polar surface area (TPSA) is 182 Å². The predicted molar refractivity (Wildman–Crippen MR) is 94.1 cm³/mol. The van der Waals surface area contributed by atoms with Crippen molar-refractivity contribution in [2.75, 3.05) is 36.5 Å². The molecule has 0 aliphatic heterocycles. The summed E-state index contributed by atoms with van der Waals surface area (Å²) in [5, 5.41) is 0. The minimum atomic E-state index is -4.67. The molecule has 1 aromatic carbocycles.